The minimum absolute atomic E-state index is 0.564. The van der Waals surface area contributed by atoms with Crippen molar-refractivity contribution in [2.45, 2.75) is 6.92 Å². The van der Waals surface area contributed by atoms with Crippen LogP contribution in [0.2, 0.25) is 5.02 Å². The molecule has 0 aromatic heterocycles. The molecule has 2 aromatic carbocycles. The van der Waals surface area contributed by atoms with Crippen molar-refractivity contribution in [2.24, 2.45) is 5.10 Å². The lowest BCUT2D eigenvalue weighted by Gasteiger charge is -2.20. The number of hydrazone groups is 1. The molecule has 0 bridgehead atoms. The normalized spacial score (nSPS) is 10.6. The Hall–Kier alpha value is -1.91. The van der Waals surface area contributed by atoms with Gasteiger partial charge in [0.15, 0.2) is 5.11 Å². The summed E-state index contributed by atoms with van der Waals surface area (Å²) >= 11 is 11.2. The molecule has 0 atom stereocenters. The molecule has 0 saturated heterocycles. The Morgan fingerprint density at radius 1 is 1.19 bits per heavy atom. The Morgan fingerprint density at radius 2 is 1.86 bits per heavy atom. The second kappa shape index (κ2) is 7.76. The van der Waals surface area contributed by atoms with Gasteiger partial charge in [0, 0.05) is 11.6 Å². The first kappa shape index (κ1) is 15.5. The molecule has 0 amide bonds. The molecule has 3 nitrogen and oxygen atoms in total. The molecule has 0 fully saturated rings. The van der Waals surface area contributed by atoms with E-state index in [2.05, 4.69) is 10.4 Å². The Balaban J connectivity index is 2.23. The standard InChI is InChI=1S/C16H16ClN3S/c1-2-18-16(21)20(15-6-4-3-5-7-15)19-12-13-8-10-14(17)11-9-13/h3-12H,2H2,1H3,(H,18,21)/b19-12-. The summed E-state index contributed by atoms with van der Waals surface area (Å²) in [6.45, 7) is 2.75. The van der Waals surface area contributed by atoms with Crippen molar-refractivity contribution in [3.05, 3.63) is 65.2 Å². The van der Waals surface area contributed by atoms with Crippen LogP contribution in [0.1, 0.15) is 12.5 Å². The van der Waals surface area contributed by atoms with Crippen LogP contribution in [0.4, 0.5) is 5.69 Å². The Kier molecular flexibility index (Phi) is 5.72. The van der Waals surface area contributed by atoms with E-state index in [0.29, 0.717) is 10.1 Å². The summed E-state index contributed by atoms with van der Waals surface area (Å²) in [6.07, 6.45) is 1.76. The first-order chi connectivity index (χ1) is 10.2. The van der Waals surface area contributed by atoms with Gasteiger partial charge in [-0.3, -0.25) is 0 Å². The topological polar surface area (TPSA) is 27.6 Å². The highest BCUT2D eigenvalue weighted by atomic mass is 35.5. The van der Waals surface area contributed by atoms with Crippen LogP contribution < -0.4 is 10.3 Å². The highest BCUT2D eigenvalue weighted by molar-refractivity contribution is 7.80. The van der Waals surface area contributed by atoms with Gasteiger partial charge in [0.05, 0.1) is 11.9 Å². The molecule has 0 unspecified atom stereocenters. The Bertz CT molecular complexity index is 611. The summed E-state index contributed by atoms with van der Waals surface area (Å²) in [6, 6.07) is 17.3. The number of nitrogens with zero attached hydrogens (tertiary/aromatic N) is 2. The molecule has 0 spiro atoms. The maximum absolute atomic E-state index is 5.88. The lowest BCUT2D eigenvalue weighted by atomic mass is 10.2. The predicted molar refractivity (Wildman–Crippen MR) is 94.2 cm³/mol. The fraction of sp³-hybridized carbons (Fsp3) is 0.125. The smallest absolute Gasteiger partial charge is 0.194 e. The van der Waals surface area contributed by atoms with Gasteiger partial charge < -0.3 is 5.32 Å². The quantitative estimate of drug-likeness (QED) is 0.523. The second-order valence-corrected chi connectivity index (χ2v) is 5.10. The Labute approximate surface area is 135 Å². The predicted octanol–water partition coefficient (Wildman–Crippen LogP) is 4.07. The van der Waals surface area contributed by atoms with Crippen LogP contribution in [-0.2, 0) is 0 Å². The molecule has 21 heavy (non-hydrogen) atoms. The summed E-state index contributed by atoms with van der Waals surface area (Å²) in [5.74, 6) is 0. The van der Waals surface area contributed by atoms with Crippen molar-refractivity contribution in [3.8, 4) is 0 Å². The minimum atomic E-state index is 0.564. The average Bonchev–Trinajstić information content (AvgIpc) is 2.51. The summed E-state index contributed by atoms with van der Waals surface area (Å²) in [4.78, 5) is 0. The van der Waals surface area contributed by atoms with E-state index in [1.165, 1.54) is 0 Å². The van der Waals surface area contributed by atoms with Gasteiger partial charge in [-0.05, 0) is 49.0 Å². The zero-order valence-electron chi connectivity index (χ0n) is 11.7. The first-order valence-electron chi connectivity index (χ1n) is 6.63. The summed E-state index contributed by atoms with van der Waals surface area (Å²) in [5.41, 5.74) is 1.87. The highest BCUT2D eigenvalue weighted by Gasteiger charge is 2.09. The molecule has 2 aromatic rings. The van der Waals surface area contributed by atoms with Crippen molar-refractivity contribution >= 4 is 40.8 Å². The van der Waals surface area contributed by atoms with Crippen molar-refractivity contribution in [3.63, 3.8) is 0 Å². The van der Waals surface area contributed by atoms with Crippen molar-refractivity contribution in [1.29, 1.82) is 0 Å². The van der Waals surface area contributed by atoms with Gasteiger partial charge in [-0.1, -0.05) is 41.9 Å². The van der Waals surface area contributed by atoms with E-state index in [1.54, 1.807) is 11.2 Å². The second-order valence-electron chi connectivity index (χ2n) is 4.28. The largest absolute Gasteiger partial charge is 0.361 e. The molecule has 5 heteroatoms. The maximum atomic E-state index is 5.88. The first-order valence-corrected chi connectivity index (χ1v) is 7.42. The molecule has 2 rings (SSSR count). The molecule has 0 aliphatic heterocycles. The molecular formula is C16H16ClN3S. The molecule has 0 aliphatic rings. The molecule has 108 valence electrons. The van der Waals surface area contributed by atoms with E-state index < -0.39 is 0 Å². The lowest BCUT2D eigenvalue weighted by Crippen LogP contribution is -2.36. The van der Waals surface area contributed by atoms with Gasteiger partial charge in [0.2, 0.25) is 0 Å². The summed E-state index contributed by atoms with van der Waals surface area (Å²) in [5, 5.41) is 10.6. The number of hydrogen-bond acceptors (Lipinski definition) is 2. The lowest BCUT2D eigenvalue weighted by molar-refractivity contribution is 0.941. The number of nitrogens with one attached hydrogen (secondary N) is 1. The third kappa shape index (κ3) is 4.55. The van der Waals surface area contributed by atoms with Gasteiger partial charge in [-0.2, -0.15) is 5.10 Å². The van der Waals surface area contributed by atoms with Gasteiger partial charge >= 0.3 is 0 Å². The van der Waals surface area contributed by atoms with E-state index in [9.17, 15) is 0 Å². The van der Waals surface area contributed by atoms with Crippen molar-refractivity contribution in [2.75, 3.05) is 11.6 Å². The van der Waals surface area contributed by atoms with Crippen molar-refractivity contribution in [1.82, 2.24) is 5.32 Å². The SMILES string of the molecule is CCNC(=S)N(/N=C\c1ccc(Cl)cc1)c1ccccc1. The number of benzene rings is 2. The van der Waals surface area contributed by atoms with E-state index in [0.717, 1.165) is 17.8 Å². The van der Waals surface area contributed by atoms with Crippen LogP contribution in [0.15, 0.2) is 59.7 Å². The van der Waals surface area contributed by atoms with Crippen molar-refractivity contribution < 1.29 is 0 Å². The molecule has 1 N–H and O–H groups in total. The summed E-state index contributed by atoms with van der Waals surface area (Å²) in [7, 11) is 0. The zero-order chi connectivity index (χ0) is 15.1. The van der Waals surface area contributed by atoms with E-state index in [-0.39, 0.29) is 0 Å². The number of anilines is 1. The van der Waals surface area contributed by atoms with E-state index in [4.69, 9.17) is 23.8 Å². The third-order valence-corrected chi connectivity index (χ3v) is 3.28. The zero-order valence-corrected chi connectivity index (χ0v) is 13.2. The highest BCUT2D eigenvalue weighted by Crippen LogP contribution is 2.14. The van der Waals surface area contributed by atoms with Gasteiger partial charge in [0.1, 0.15) is 0 Å². The fourth-order valence-corrected chi connectivity index (χ4v) is 2.13. The number of hydrogen-bond donors (Lipinski definition) is 1. The van der Waals surface area contributed by atoms with Crippen LogP contribution in [-0.4, -0.2) is 17.9 Å². The number of halogens is 1. The van der Waals surface area contributed by atoms with Crippen LogP contribution in [0, 0.1) is 0 Å². The fourth-order valence-electron chi connectivity index (χ4n) is 1.70. The van der Waals surface area contributed by atoms with E-state index >= 15 is 0 Å². The van der Waals surface area contributed by atoms with Gasteiger partial charge in [-0.15, -0.1) is 0 Å². The number of thiocarbonyl (C=S) groups is 1. The van der Waals surface area contributed by atoms with Crippen LogP contribution in [0.5, 0.6) is 0 Å². The monoisotopic (exact) mass is 317 g/mol. The van der Waals surface area contributed by atoms with Gasteiger partial charge in [0.25, 0.3) is 0 Å². The number of para-hydroxylation sites is 1. The molecular weight excluding hydrogens is 302 g/mol. The van der Waals surface area contributed by atoms with Gasteiger partial charge in [-0.25, -0.2) is 5.01 Å². The minimum Gasteiger partial charge on any atom is -0.361 e. The molecule has 0 radical (unpaired) electrons. The van der Waals surface area contributed by atoms with Crippen LogP contribution >= 0.6 is 23.8 Å². The Morgan fingerprint density at radius 3 is 2.48 bits per heavy atom. The third-order valence-electron chi connectivity index (χ3n) is 2.71. The number of rotatable bonds is 4. The summed E-state index contributed by atoms with van der Waals surface area (Å²) < 4.78 is 0. The average molecular weight is 318 g/mol. The van der Waals surface area contributed by atoms with E-state index in [1.807, 2.05) is 61.5 Å². The van der Waals surface area contributed by atoms with Crippen LogP contribution in [0.3, 0.4) is 0 Å². The maximum Gasteiger partial charge on any atom is 0.194 e. The molecule has 0 saturated carbocycles. The molecule has 0 aliphatic carbocycles. The van der Waals surface area contributed by atoms with Crippen LogP contribution in [0.25, 0.3) is 0 Å². The molecule has 0 heterocycles.